The maximum atomic E-state index is 13.1. The van der Waals surface area contributed by atoms with Gasteiger partial charge in [-0.25, -0.2) is 0 Å². The van der Waals surface area contributed by atoms with Gasteiger partial charge in [0.1, 0.15) is 5.69 Å². The van der Waals surface area contributed by atoms with Gasteiger partial charge >= 0.3 is 0 Å². The number of carbonyl (C=O) groups is 1. The second-order valence-corrected chi connectivity index (χ2v) is 6.67. The summed E-state index contributed by atoms with van der Waals surface area (Å²) in [7, 11) is 1.81. The number of hydrogen-bond acceptors (Lipinski definition) is 3. The van der Waals surface area contributed by atoms with Crippen LogP contribution in [0.1, 0.15) is 30.0 Å². The van der Waals surface area contributed by atoms with Crippen LogP contribution in [0.4, 0.5) is 5.69 Å². The summed E-state index contributed by atoms with van der Waals surface area (Å²) in [6.07, 6.45) is 0. The number of amides is 1. The summed E-state index contributed by atoms with van der Waals surface area (Å²) >= 11 is 3.50. The topological polar surface area (TPSA) is 41.4 Å². The maximum Gasteiger partial charge on any atom is 0.276 e. The first-order valence-corrected chi connectivity index (χ1v) is 9.06. The van der Waals surface area contributed by atoms with Crippen LogP contribution in [0.15, 0.2) is 34.8 Å². The minimum atomic E-state index is -0.0247. The van der Waals surface area contributed by atoms with Gasteiger partial charge in [-0.2, -0.15) is 5.10 Å². The smallest absolute Gasteiger partial charge is 0.276 e. The number of aryl methyl sites for hydroxylation is 2. The number of likely N-dealkylation sites (N-methyl/N-ethyl adjacent to an activating group) is 1. The van der Waals surface area contributed by atoms with Crippen molar-refractivity contribution >= 4 is 27.5 Å². The molecule has 24 heavy (non-hydrogen) atoms. The molecule has 130 valence electrons. The van der Waals surface area contributed by atoms with E-state index in [2.05, 4.69) is 39.8 Å². The predicted molar refractivity (Wildman–Crippen MR) is 102 cm³/mol. The molecule has 1 aromatic heterocycles. The number of aromatic nitrogens is 2. The van der Waals surface area contributed by atoms with Crippen molar-refractivity contribution in [2.24, 2.45) is 7.05 Å². The Morgan fingerprint density at radius 3 is 2.46 bits per heavy atom. The Hall–Kier alpha value is -1.66. The van der Waals surface area contributed by atoms with E-state index in [4.69, 9.17) is 0 Å². The zero-order valence-electron chi connectivity index (χ0n) is 14.8. The molecule has 1 heterocycles. The molecule has 0 radical (unpaired) electrons. The lowest BCUT2D eigenvalue weighted by molar-refractivity contribution is 0.0974. The molecular formula is C18H25BrN4O. The summed E-state index contributed by atoms with van der Waals surface area (Å²) in [6.45, 7) is 9.60. The highest BCUT2D eigenvalue weighted by molar-refractivity contribution is 9.10. The van der Waals surface area contributed by atoms with Crippen molar-refractivity contribution in [2.75, 3.05) is 31.1 Å². The highest BCUT2D eigenvalue weighted by atomic mass is 79.9. The number of benzene rings is 1. The van der Waals surface area contributed by atoms with E-state index >= 15 is 0 Å². The van der Waals surface area contributed by atoms with Crippen LogP contribution in [-0.4, -0.2) is 46.8 Å². The fraction of sp³-hybridized carbons (Fsp3) is 0.444. The summed E-state index contributed by atoms with van der Waals surface area (Å²) in [6, 6.07) is 9.69. The highest BCUT2D eigenvalue weighted by Crippen LogP contribution is 2.22. The molecule has 0 unspecified atom stereocenters. The van der Waals surface area contributed by atoms with Crippen LogP contribution >= 0.6 is 15.9 Å². The van der Waals surface area contributed by atoms with Crippen LogP contribution in [0, 0.1) is 6.92 Å². The summed E-state index contributed by atoms with van der Waals surface area (Å²) in [5.74, 6) is -0.0247. The first-order valence-electron chi connectivity index (χ1n) is 8.26. The Bertz CT molecular complexity index is 694. The second-order valence-electron chi connectivity index (χ2n) is 5.76. The van der Waals surface area contributed by atoms with E-state index in [1.54, 1.807) is 4.68 Å². The Morgan fingerprint density at radius 1 is 1.21 bits per heavy atom. The molecule has 0 bridgehead atoms. The van der Waals surface area contributed by atoms with E-state index < -0.39 is 0 Å². The van der Waals surface area contributed by atoms with Crippen molar-refractivity contribution in [2.45, 2.75) is 20.8 Å². The van der Waals surface area contributed by atoms with Gasteiger partial charge in [0, 0.05) is 30.3 Å². The van der Waals surface area contributed by atoms with Crippen molar-refractivity contribution in [1.29, 1.82) is 0 Å². The molecule has 0 aliphatic carbocycles. The monoisotopic (exact) mass is 392 g/mol. The Kier molecular flexibility index (Phi) is 6.57. The van der Waals surface area contributed by atoms with Crippen LogP contribution in [0.25, 0.3) is 0 Å². The Labute approximate surface area is 152 Å². The number of hydrogen-bond donors (Lipinski definition) is 0. The summed E-state index contributed by atoms with van der Waals surface area (Å²) in [5.41, 5.74) is 2.34. The maximum absolute atomic E-state index is 13.1. The van der Waals surface area contributed by atoms with Gasteiger partial charge in [0.05, 0.1) is 5.69 Å². The van der Waals surface area contributed by atoms with Crippen molar-refractivity contribution in [1.82, 2.24) is 14.7 Å². The number of carbonyl (C=O) groups excluding carboxylic acids is 1. The molecule has 0 atom stereocenters. The molecule has 6 heteroatoms. The fourth-order valence-corrected chi connectivity index (χ4v) is 3.11. The molecule has 2 aromatic rings. The first kappa shape index (κ1) is 18.7. The molecule has 2 rings (SSSR count). The van der Waals surface area contributed by atoms with Crippen molar-refractivity contribution < 1.29 is 4.79 Å². The molecule has 0 saturated carbocycles. The van der Waals surface area contributed by atoms with Crippen LogP contribution in [0.5, 0.6) is 0 Å². The SMILES string of the molecule is CCN(CC)CCN(C(=O)c1cc(C)nn1C)c1cccc(Br)c1. The normalized spacial score (nSPS) is 11.1. The fourth-order valence-electron chi connectivity index (χ4n) is 2.72. The van der Waals surface area contributed by atoms with E-state index in [1.807, 2.05) is 49.2 Å². The lowest BCUT2D eigenvalue weighted by Crippen LogP contribution is -2.39. The third-order valence-electron chi connectivity index (χ3n) is 4.12. The number of anilines is 1. The van der Waals surface area contributed by atoms with Crippen molar-refractivity contribution in [3.05, 3.63) is 46.2 Å². The molecule has 1 amide bonds. The predicted octanol–water partition coefficient (Wildman–Crippen LogP) is 3.48. The van der Waals surface area contributed by atoms with Gasteiger partial charge in [0.2, 0.25) is 0 Å². The highest BCUT2D eigenvalue weighted by Gasteiger charge is 2.21. The molecule has 0 fully saturated rings. The minimum Gasteiger partial charge on any atom is -0.306 e. The molecular weight excluding hydrogens is 368 g/mol. The zero-order valence-corrected chi connectivity index (χ0v) is 16.4. The third kappa shape index (κ3) is 4.45. The molecule has 0 saturated heterocycles. The van der Waals surface area contributed by atoms with Crippen LogP contribution in [0.3, 0.4) is 0 Å². The van der Waals surface area contributed by atoms with Gasteiger partial charge in [-0.15, -0.1) is 0 Å². The number of rotatable bonds is 7. The van der Waals surface area contributed by atoms with E-state index in [1.165, 1.54) is 0 Å². The summed E-state index contributed by atoms with van der Waals surface area (Å²) in [5, 5.41) is 4.30. The Balaban J connectivity index is 2.31. The molecule has 5 nitrogen and oxygen atoms in total. The average Bonchev–Trinajstić information content (AvgIpc) is 2.90. The standard InChI is InChI=1S/C18H25BrN4O/c1-5-22(6-2)10-11-23(16-9-7-8-15(19)13-16)18(24)17-12-14(3)20-21(17)4/h7-9,12-13H,5-6,10-11H2,1-4H3. The molecule has 0 aliphatic heterocycles. The average molecular weight is 393 g/mol. The molecule has 0 N–H and O–H groups in total. The summed E-state index contributed by atoms with van der Waals surface area (Å²) in [4.78, 5) is 17.3. The van der Waals surface area contributed by atoms with Gasteiger partial charge in [-0.05, 0) is 44.3 Å². The van der Waals surface area contributed by atoms with E-state index in [-0.39, 0.29) is 5.91 Å². The first-order chi connectivity index (χ1) is 11.5. The van der Waals surface area contributed by atoms with E-state index in [0.717, 1.165) is 35.5 Å². The summed E-state index contributed by atoms with van der Waals surface area (Å²) < 4.78 is 2.61. The minimum absolute atomic E-state index is 0.0247. The van der Waals surface area contributed by atoms with Crippen LogP contribution in [0.2, 0.25) is 0 Å². The second kappa shape index (κ2) is 8.44. The number of nitrogens with zero attached hydrogens (tertiary/aromatic N) is 4. The van der Waals surface area contributed by atoms with Gasteiger partial charge in [-0.1, -0.05) is 35.8 Å². The Morgan fingerprint density at radius 2 is 1.92 bits per heavy atom. The van der Waals surface area contributed by atoms with E-state index in [9.17, 15) is 4.79 Å². The van der Waals surface area contributed by atoms with Crippen molar-refractivity contribution in [3.63, 3.8) is 0 Å². The zero-order chi connectivity index (χ0) is 17.7. The molecule has 1 aromatic carbocycles. The largest absolute Gasteiger partial charge is 0.306 e. The quantitative estimate of drug-likeness (QED) is 0.723. The van der Waals surface area contributed by atoms with Crippen LogP contribution < -0.4 is 4.90 Å². The molecule has 0 spiro atoms. The molecule has 0 aliphatic rings. The van der Waals surface area contributed by atoms with Gasteiger partial charge in [0.15, 0.2) is 0 Å². The lowest BCUT2D eigenvalue weighted by atomic mass is 10.2. The van der Waals surface area contributed by atoms with Gasteiger partial charge < -0.3 is 9.80 Å². The van der Waals surface area contributed by atoms with Crippen LogP contribution in [-0.2, 0) is 7.05 Å². The van der Waals surface area contributed by atoms with E-state index in [0.29, 0.717) is 12.2 Å². The lowest BCUT2D eigenvalue weighted by Gasteiger charge is -2.26. The number of halogens is 1. The van der Waals surface area contributed by atoms with Gasteiger partial charge in [-0.3, -0.25) is 9.48 Å². The van der Waals surface area contributed by atoms with Gasteiger partial charge in [0.25, 0.3) is 5.91 Å². The van der Waals surface area contributed by atoms with Crippen molar-refractivity contribution in [3.8, 4) is 0 Å². The third-order valence-corrected chi connectivity index (χ3v) is 4.61.